The van der Waals surface area contributed by atoms with E-state index in [1.165, 1.54) is 23.9 Å². The average Bonchev–Trinajstić information content (AvgIpc) is 3.12. The van der Waals surface area contributed by atoms with Gasteiger partial charge in [0.25, 0.3) is 5.91 Å². The Bertz CT molecular complexity index is 1290. The number of hydrogen-bond acceptors (Lipinski definition) is 5. The van der Waals surface area contributed by atoms with Crippen LogP contribution in [-0.2, 0) is 11.4 Å². The number of amides is 1. The van der Waals surface area contributed by atoms with Crippen LogP contribution in [-0.4, -0.2) is 29.6 Å². The molecule has 9 heteroatoms. The lowest BCUT2D eigenvalue weighted by atomic mass is 10.2. The van der Waals surface area contributed by atoms with E-state index in [1.807, 2.05) is 49.4 Å². The van der Waals surface area contributed by atoms with Crippen molar-refractivity contribution in [1.82, 2.24) is 4.90 Å². The van der Waals surface area contributed by atoms with Gasteiger partial charge in [-0.25, -0.2) is 9.38 Å². The number of ether oxygens (including phenoxy) is 2. The Morgan fingerprint density at radius 3 is 2.43 bits per heavy atom. The van der Waals surface area contributed by atoms with Crippen molar-refractivity contribution in [2.24, 2.45) is 4.99 Å². The van der Waals surface area contributed by atoms with Crippen LogP contribution in [0.5, 0.6) is 11.5 Å². The zero-order valence-corrected chi connectivity index (χ0v) is 22.9. The first kappa shape index (κ1) is 25.5. The Hall–Kier alpha value is -2.62. The summed E-state index contributed by atoms with van der Waals surface area (Å²) in [6.45, 7) is 2.65. The average molecular weight is 620 g/mol. The van der Waals surface area contributed by atoms with E-state index in [1.54, 1.807) is 24.1 Å². The van der Waals surface area contributed by atoms with E-state index in [4.69, 9.17) is 9.47 Å². The van der Waals surface area contributed by atoms with Gasteiger partial charge in [0.15, 0.2) is 5.17 Å². The maximum absolute atomic E-state index is 13.4. The number of methoxy groups -OCH3 is 1. The quantitative estimate of drug-likeness (QED) is 0.256. The van der Waals surface area contributed by atoms with Gasteiger partial charge in [-0.05, 0) is 116 Å². The highest BCUT2D eigenvalue weighted by Gasteiger charge is 2.32. The number of amidine groups is 1. The summed E-state index contributed by atoms with van der Waals surface area (Å²) in [5.74, 6) is 0.944. The molecule has 0 aliphatic carbocycles. The summed E-state index contributed by atoms with van der Waals surface area (Å²) in [5, 5.41) is 0.627. The molecule has 1 saturated heterocycles. The van der Waals surface area contributed by atoms with Gasteiger partial charge in [0, 0.05) is 6.54 Å². The Kier molecular flexibility index (Phi) is 8.30. The van der Waals surface area contributed by atoms with Gasteiger partial charge in [0.1, 0.15) is 23.9 Å². The zero-order chi connectivity index (χ0) is 24.9. The SMILES string of the molecule is CCN1C(=O)/C(=C\c2cc(Br)c(OCc3cccc(F)c3)c(Br)c2)SC1=Nc1ccc(OC)cc1. The lowest BCUT2D eigenvalue weighted by Crippen LogP contribution is -2.28. The lowest BCUT2D eigenvalue weighted by Gasteiger charge is -2.12. The Balaban J connectivity index is 1.55. The van der Waals surface area contributed by atoms with Gasteiger partial charge in [-0.1, -0.05) is 12.1 Å². The third-order valence-electron chi connectivity index (χ3n) is 5.09. The number of thioether (sulfide) groups is 1. The van der Waals surface area contributed by atoms with Crippen LogP contribution in [0.25, 0.3) is 6.08 Å². The van der Waals surface area contributed by atoms with E-state index in [-0.39, 0.29) is 18.3 Å². The summed E-state index contributed by atoms with van der Waals surface area (Å²) in [4.78, 5) is 19.9. The first-order chi connectivity index (χ1) is 16.9. The molecule has 0 radical (unpaired) electrons. The molecule has 1 fully saturated rings. The number of carbonyl (C=O) groups is 1. The number of nitrogens with zero attached hydrogens (tertiary/aromatic N) is 2. The lowest BCUT2D eigenvalue weighted by molar-refractivity contribution is -0.122. The van der Waals surface area contributed by atoms with Crippen LogP contribution >= 0.6 is 43.6 Å². The molecule has 3 aromatic carbocycles. The smallest absolute Gasteiger partial charge is 0.266 e. The first-order valence-corrected chi connectivity index (χ1v) is 13.1. The molecule has 1 aliphatic heterocycles. The number of aliphatic imine (C=N–C) groups is 1. The molecule has 0 bridgehead atoms. The Morgan fingerprint density at radius 2 is 1.80 bits per heavy atom. The summed E-state index contributed by atoms with van der Waals surface area (Å²) >= 11 is 8.43. The molecule has 5 nitrogen and oxygen atoms in total. The van der Waals surface area contributed by atoms with Crippen molar-refractivity contribution in [2.45, 2.75) is 13.5 Å². The monoisotopic (exact) mass is 618 g/mol. The van der Waals surface area contributed by atoms with E-state index in [9.17, 15) is 9.18 Å². The van der Waals surface area contributed by atoms with Gasteiger partial charge in [-0.2, -0.15) is 0 Å². The normalized spacial score (nSPS) is 15.8. The molecule has 0 aromatic heterocycles. The van der Waals surface area contributed by atoms with Crippen LogP contribution in [0.15, 0.2) is 79.5 Å². The van der Waals surface area contributed by atoms with Crippen LogP contribution in [0.4, 0.5) is 10.1 Å². The maximum atomic E-state index is 13.4. The third kappa shape index (κ3) is 6.15. The van der Waals surface area contributed by atoms with Crippen LogP contribution in [0, 0.1) is 5.82 Å². The fourth-order valence-electron chi connectivity index (χ4n) is 3.37. The minimum absolute atomic E-state index is 0.0940. The van der Waals surface area contributed by atoms with Crippen molar-refractivity contribution in [3.63, 3.8) is 0 Å². The standard InChI is InChI=1S/C26H21Br2FN2O3S/c1-3-31-25(32)23(35-26(31)30-19-7-9-20(33-2)10-8-19)14-17-12-21(27)24(22(28)13-17)34-15-16-5-4-6-18(29)11-16/h4-14H,3,15H2,1-2H3/b23-14+,30-26?. The molecule has 0 unspecified atom stereocenters. The molecular formula is C26H21Br2FN2O3S. The molecule has 180 valence electrons. The molecule has 35 heavy (non-hydrogen) atoms. The number of rotatable bonds is 7. The molecule has 0 N–H and O–H groups in total. The van der Waals surface area contributed by atoms with Crippen molar-refractivity contribution in [3.05, 3.63) is 91.5 Å². The topological polar surface area (TPSA) is 51.1 Å². The second-order valence-corrected chi connectivity index (χ2v) is 10.2. The molecule has 3 aromatic rings. The van der Waals surface area contributed by atoms with E-state index in [2.05, 4.69) is 36.9 Å². The number of hydrogen-bond donors (Lipinski definition) is 0. The van der Waals surface area contributed by atoms with Gasteiger partial charge < -0.3 is 9.47 Å². The fraction of sp³-hybridized carbons (Fsp3) is 0.154. The van der Waals surface area contributed by atoms with Gasteiger partial charge in [-0.15, -0.1) is 0 Å². The molecule has 0 atom stereocenters. The molecule has 1 aliphatic rings. The van der Waals surface area contributed by atoms with Gasteiger partial charge in [0.05, 0.1) is 26.6 Å². The molecule has 0 saturated carbocycles. The van der Waals surface area contributed by atoms with Crippen molar-refractivity contribution in [1.29, 1.82) is 0 Å². The first-order valence-electron chi connectivity index (χ1n) is 10.7. The van der Waals surface area contributed by atoms with E-state index < -0.39 is 0 Å². The van der Waals surface area contributed by atoms with Crippen molar-refractivity contribution in [3.8, 4) is 11.5 Å². The highest BCUT2D eigenvalue weighted by molar-refractivity contribution is 9.11. The van der Waals surface area contributed by atoms with Crippen molar-refractivity contribution >= 4 is 66.5 Å². The Labute approximate surface area is 224 Å². The highest BCUT2D eigenvalue weighted by atomic mass is 79.9. The molecule has 1 amide bonds. The molecule has 1 heterocycles. The summed E-state index contributed by atoms with van der Waals surface area (Å²) in [7, 11) is 1.61. The largest absolute Gasteiger partial charge is 0.497 e. The van der Waals surface area contributed by atoms with Crippen LogP contribution in [0.1, 0.15) is 18.1 Å². The molecule has 0 spiro atoms. The van der Waals surface area contributed by atoms with E-state index in [0.29, 0.717) is 31.3 Å². The predicted molar refractivity (Wildman–Crippen MR) is 146 cm³/mol. The molecule has 4 rings (SSSR count). The van der Waals surface area contributed by atoms with Gasteiger partial charge >= 0.3 is 0 Å². The number of benzene rings is 3. The maximum Gasteiger partial charge on any atom is 0.266 e. The zero-order valence-electron chi connectivity index (χ0n) is 18.9. The second-order valence-electron chi connectivity index (χ2n) is 7.48. The van der Waals surface area contributed by atoms with Gasteiger partial charge in [-0.3, -0.25) is 9.69 Å². The second kappa shape index (κ2) is 11.4. The van der Waals surface area contributed by atoms with E-state index >= 15 is 0 Å². The third-order valence-corrected chi connectivity index (χ3v) is 7.28. The van der Waals surface area contributed by atoms with Gasteiger partial charge in [0.2, 0.25) is 0 Å². The predicted octanol–water partition coefficient (Wildman–Crippen LogP) is 7.56. The number of likely N-dealkylation sites (N-methyl/N-ethyl adjacent to an activating group) is 1. The minimum Gasteiger partial charge on any atom is -0.497 e. The van der Waals surface area contributed by atoms with E-state index in [0.717, 1.165) is 22.6 Å². The summed E-state index contributed by atoms with van der Waals surface area (Å²) in [6.07, 6.45) is 1.83. The van der Waals surface area contributed by atoms with Crippen LogP contribution in [0.2, 0.25) is 0 Å². The summed E-state index contributed by atoms with van der Waals surface area (Å²) < 4.78 is 26.0. The van der Waals surface area contributed by atoms with Crippen molar-refractivity contribution in [2.75, 3.05) is 13.7 Å². The van der Waals surface area contributed by atoms with Crippen LogP contribution < -0.4 is 9.47 Å². The summed E-state index contributed by atoms with van der Waals surface area (Å²) in [6, 6.07) is 17.4. The summed E-state index contributed by atoms with van der Waals surface area (Å²) in [5.41, 5.74) is 2.29. The van der Waals surface area contributed by atoms with Crippen LogP contribution in [0.3, 0.4) is 0 Å². The number of halogens is 3. The molecular weight excluding hydrogens is 599 g/mol. The Morgan fingerprint density at radius 1 is 1.09 bits per heavy atom. The highest BCUT2D eigenvalue weighted by Crippen LogP contribution is 2.38. The fourth-order valence-corrected chi connectivity index (χ4v) is 5.89. The minimum atomic E-state index is -0.305. The number of carbonyl (C=O) groups excluding carboxylic acids is 1. The van der Waals surface area contributed by atoms with Crippen molar-refractivity contribution < 1.29 is 18.7 Å².